The van der Waals surface area contributed by atoms with E-state index in [2.05, 4.69) is 5.32 Å². The smallest absolute Gasteiger partial charge is 0.192 e. The highest BCUT2D eigenvalue weighted by Crippen LogP contribution is 2.25. The van der Waals surface area contributed by atoms with E-state index in [4.69, 9.17) is 17.6 Å². The van der Waals surface area contributed by atoms with Gasteiger partial charge in [-0.1, -0.05) is 12.1 Å². The number of hydrazine groups is 1. The van der Waals surface area contributed by atoms with Crippen molar-refractivity contribution in [2.24, 2.45) is 0 Å². The van der Waals surface area contributed by atoms with E-state index in [1.54, 1.807) is 0 Å². The second-order valence-corrected chi connectivity index (χ2v) is 4.31. The standard InChI is InChI=1S/C11H12N4S/c12-10-8-4-1-2-5-9(8)13-11(16)15-7-3-6-14(10)15/h1-2,4-5,12H,3,6-7H2,(H,13,16). The minimum absolute atomic E-state index is 0.528. The molecule has 0 aromatic heterocycles. The quantitative estimate of drug-likeness (QED) is 0.667. The van der Waals surface area contributed by atoms with Crippen molar-refractivity contribution in [1.82, 2.24) is 10.0 Å². The summed E-state index contributed by atoms with van der Waals surface area (Å²) < 4.78 is 0. The van der Waals surface area contributed by atoms with E-state index in [0.717, 1.165) is 30.8 Å². The molecule has 2 N–H and O–H groups in total. The van der Waals surface area contributed by atoms with E-state index in [0.29, 0.717) is 10.9 Å². The first-order valence-corrected chi connectivity index (χ1v) is 5.72. The van der Waals surface area contributed by atoms with Crippen molar-refractivity contribution >= 4 is 28.9 Å². The lowest BCUT2D eigenvalue weighted by Crippen LogP contribution is -2.44. The minimum atomic E-state index is 0.528. The lowest BCUT2D eigenvalue weighted by molar-refractivity contribution is 0.212. The Balaban J connectivity index is 2.11. The highest BCUT2D eigenvalue weighted by molar-refractivity contribution is 7.80. The van der Waals surface area contributed by atoms with Crippen molar-refractivity contribution in [3.63, 3.8) is 0 Å². The summed E-state index contributed by atoms with van der Waals surface area (Å²) in [7, 11) is 0. The van der Waals surface area contributed by atoms with Gasteiger partial charge in [-0.15, -0.1) is 0 Å². The lowest BCUT2D eigenvalue weighted by atomic mass is 10.1. The fourth-order valence-electron chi connectivity index (χ4n) is 2.17. The lowest BCUT2D eigenvalue weighted by Gasteiger charge is -2.28. The fourth-order valence-corrected chi connectivity index (χ4v) is 2.47. The Labute approximate surface area is 99.3 Å². The van der Waals surface area contributed by atoms with Crippen LogP contribution in [0.3, 0.4) is 0 Å². The predicted octanol–water partition coefficient (Wildman–Crippen LogP) is 1.65. The van der Waals surface area contributed by atoms with E-state index in [1.165, 1.54) is 0 Å². The third-order valence-corrected chi connectivity index (χ3v) is 3.26. The topological polar surface area (TPSA) is 42.4 Å². The fraction of sp³-hybridized carbons (Fsp3) is 0.273. The maximum atomic E-state index is 8.21. The number of hydrogen-bond donors (Lipinski definition) is 2. The van der Waals surface area contributed by atoms with E-state index >= 15 is 0 Å². The van der Waals surface area contributed by atoms with Crippen LogP contribution < -0.4 is 5.32 Å². The van der Waals surface area contributed by atoms with Gasteiger partial charge in [0.2, 0.25) is 0 Å². The average Bonchev–Trinajstić information content (AvgIpc) is 2.74. The first kappa shape index (κ1) is 9.59. The summed E-state index contributed by atoms with van der Waals surface area (Å²) in [6, 6.07) is 7.81. The zero-order valence-electron chi connectivity index (χ0n) is 8.73. The second-order valence-electron chi connectivity index (χ2n) is 3.92. The van der Waals surface area contributed by atoms with Crippen LogP contribution in [0.4, 0.5) is 5.69 Å². The van der Waals surface area contributed by atoms with Crippen molar-refractivity contribution in [2.75, 3.05) is 18.4 Å². The van der Waals surface area contributed by atoms with E-state index in [-0.39, 0.29) is 0 Å². The molecule has 1 aromatic carbocycles. The van der Waals surface area contributed by atoms with E-state index in [1.807, 2.05) is 34.3 Å². The third kappa shape index (κ3) is 1.28. The first-order valence-electron chi connectivity index (χ1n) is 5.31. The SMILES string of the molecule is N=C1c2ccccc2NC(=S)N2CCCN12. The van der Waals surface area contributed by atoms with Gasteiger partial charge in [0.15, 0.2) is 5.11 Å². The Hall–Kier alpha value is -1.62. The van der Waals surface area contributed by atoms with Gasteiger partial charge in [0.1, 0.15) is 5.84 Å². The molecule has 5 heteroatoms. The van der Waals surface area contributed by atoms with Gasteiger partial charge < -0.3 is 5.32 Å². The molecule has 0 saturated carbocycles. The molecule has 2 aliphatic heterocycles. The molecule has 0 radical (unpaired) electrons. The molecule has 0 spiro atoms. The number of rotatable bonds is 0. The van der Waals surface area contributed by atoms with Crippen LogP contribution >= 0.6 is 12.2 Å². The molecule has 2 heterocycles. The van der Waals surface area contributed by atoms with Gasteiger partial charge in [0.25, 0.3) is 0 Å². The summed E-state index contributed by atoms with van der Waals surface area (Å²) in [6.07, 6.45) is 1.05. The van der Waals surface area contributed by atoms with Crippen LogP contribution in [-0.4, -0.2) is 34.1 Å². The minimum Gasteiger partial charge on any atom is -0.331 e. The summed E-state index contributed by atoms with van der Waals surface area (Å²) in [4.78, 5) is 0. The van der Waals surface area contributed by atoms with Gasteiger partial charge in [0.05, 0.1) is 5.69 Å². The van der Waals surface area contributed by atoms with Gasteiger partial charge in [-0.3, -0.25) is 15.4 Å². The second kappa shape index (κ2) is 3.45. The van der Waals surface area contributed by atoms with Gasteiger partial charge in [-0.25, -0.2) is 0 Å². The predicted molar refractivity (Wildman–Crippen MR) is 67.5 cm³/mol. The molecule has 3 rings (SSSR count). The highest BCUT2D eigenvalue weighted by Gasteiger charge is 2.31. The monoisotopic (exact) mass is 232 g/mol. The van der Waals surface area contributed by atoms with Crippen molar-refractivity contribution in [3.05, 3.63) is 29.8 Å². The summed E-state index contributed by atoms with van der Waals surface area (Å²) in [6.45, 7) is 1.76. The Morgan fingerprint density at radius 2 is 1.94 bits per heavy atom. The Morgan fingerprint density at radius 1 is 1.19 bits per heavy atom. The molecule has 0 atom stereocenters. The maximum absolute atomic E-state index is 8.21. The molecule has 82 valence electrons. The number of benzene rings is 1. The number of para-hydroxylation sites is 1. The Morgan fingerprint density at radius 3 is 2.81 bits per heavy atom. The number of nitrogens with zero attached hydrogens (tertiary/aromatic N) is 2. The van der Waals surface area contributed by atoms with Gasteiger partial charge in [-0.2, -0.15) is 0 Å². The van der Waals surface area contributed by atoms with Crippen molar-refractivity contribution in [2.45, 2.75) is 6.42 Å². The molecule has 0 amide bonds. The highest BCUT2D eigenvalue weighted by atomic mass is 32.1. The zero-order chi connectivity index (χ0) is 11.1. The summed E-state index contributed by atoms with van der Waals surface area (Å²) in [5, 5.41) is 16.0. The van der Waals surface area contributed by atoms with Crippen molar-refractivity contribution in [1.29, 1.82) is 5.41 Å². The van der Waals surface area contributed by atoms with Crippen LogP contribution in [0, 0.1) is 5.41 Å². The van der Waals surface area contributed by atoms with Crippen LogP contribution in [0.25, 0.3) is 0 Å². The normalized spacial score (nSPS) is 19.0. The van der Waals surface area contributed by atoms with E-state index < -0.39 is 0 Å². The van der Waals surface area contributed by atoms with Crippen LogP contribution in [-0.2, 0) is 0 Å². The largest absolute Gasteiger partial charge is 0.331 e. The number of fused-ring (bicyclic) bond motifs is 2. The first-order chi connectivity index (χ1) is 7.77. The molecule has 2 aliphatic rings. The van der Waals surface area contributed by atoms with Crippen LogP contribution in [0.1, 0.15) is 12.0 Å². The van der Waals surface area contributed by atoms with Crippen molar-refractivity contribution in [3.8, 4) is 0 Å². The van der Waals surface area contributed by atoms with Crippen LogP contribution in [0.5, 0.6) is 0 Å². The molecule has 0 aliphatic carbocycles. The number of amidine groups is 1. The van der Waals surface area contributed by atoms with E-state index in [9.17, 15) is 0 Å². The molecule has 1 aromatic rings. The molecular formula is C11H12N4S. The number of nitrogens with one attached hydrogen (secondary N) is 2. The number of thiocarbonyl (C=S) groups is 1. The summed E-state index contributed by atoms with van der Waals surface area (Å²) in [5.41, 5.74) is 1.83. The molecule has 0 unspecified atom stereocenters. The Kier molecular flexibility index (Phi) is 2.07. The Bertz CT molecular complexity index is 471. The van der Waals surface area contributed by atoms with Gasteiger partial charge in [0, 0.05) is 18.7 Å². The zero-order valence-corrected chi connectivity index (χ0v) is 9.55. The molecule has 1 saturated heterocycles. The number of anilines is 1. The molecule has 4 nitrogen and oxygen atoms in total. The molecule has 0 bridgehead atoms. The summed E-state index contributed by atoms with van der Waals surface area (Å²) in [5.74, 6) is 0.528. The van der Waals surface area contributed by atoms with Crippen LogP contribution in [0.15, 0.2) is 24.3 Å². The van der Waals surface area contributed by atoms with Crippen LogP contribution in [0.2, 0.25) is 0 Å². The van der Waals surface area contributed by atoms with Crippen molar-refractivity contribution < 1.29 is 0 Å². The maximum Gasteiger partial charge on any atom is 0.192 e. The summed E-state index contributed by atoms with van der Waals surface area (Å²) >= 11 is 5.34. The number of hydrogen-bond acceptors (Lipinski definition) is 2. The molecule has 16 heavy (non-hydrogen) atoms. The van der Waals surface area contributed by atoms with Gasteiger partial charge >= 0.3 is 0 Å². The third-order valence-electron chi connectivity index (χ3n) is 2.95. The molecule has 1 fully saturated rings. The van der Waals surface area contributed by atoms with Gasteiger partial charge in [-0.05, 0) is 30.8 Å². The average molecular weight is 232 g/mol. The molecular weight excluding hydrogens is 220 g/mol.